The normalized spacial score (nSPS) is 20.0. The summed E-state index contributed by atoms with van der Waals surface area (Å²) < 4.78 is 24.6. The van der Waals surface area contributed by atoms with Crippen molar-refractivity contribution in [1.29, 1.82) is 0 Å². The second-order valence-electron chi connectivity index (χ2n) is 9.52. The molecule has 6 nitrogen and oxygen atoms in total. The van der Waals surface area contributed by atoms with E-state index in [9.17, 15) is 14.0 Å². The molecule has 3 aromatic rings. The summed E-state index contributed by atoms with van der Waals surface area (Å²) in [6.45, 7) is 2.95. The molecule has 3 aromatic carbocycles. The molecule has 1 N–H and O–H groups in total. The standard InChI is InChI=1S/C29H29FN2O4/c1-17-7-9-22(23(11-17)18-5-4-6-20(30)12-18)29(34)32-16-19-13-24(19)26(32)15-31-28(33)25-14-21(35-2)8-10-27(25)36-3/h4-12,14,19,24,26H,13,15-16H2,1-3H3,(H,31,33). The van der Waals surface area contributed by atoms with Crippen LogP contribution in [0.5, 0.6) is 11.5 Å². The third-order valence-electron chi connectivity index (χ3n) is 7.23. The zero-order valence-electron chi connectivity index (χ0n) is 20.6. The number of benzene rings is 3. The summed E-state index contributed by atoms with van der Waals surface area (Å²) in [7, 11) is 3.06. The number of aryl methyl sites for hydroxylation is 1. The Hall–Kier alpha value is -3.87. The molecule has 0 aromatic heterocycles. The summed E-state index contributed by atoms with van der Waals surface area (Å²) in [6, 6.07) is 16.9. The van der Waals surface area contributed by atoms with E-state index in [4.69, 9.17) is 9.47 Å². The molecule has 0 bridgehead atoms. The maximum atomic E-state index is 14.0. The van der Waals surface area contributed by atoms with Gasteiger partial charge < -0.3 is 19.7 Å². The summed E-state index contributed by atoms with van der Waals surface area (Å²) in [5.74, 6) is 1.11. The maximum absolute atomic E-state index is 14.0. The first-order valence-corrected chi connectivity index (χ1v) is 12.1. The maximum Gasteiger partial charge on any atom is 0.255 e. The van der Waals surface area contributed by atoms with Crippen LogP contribution in [0.4, 0.5) is 4.39 Å². The number of methoxy groups -OCH3 is 2. The summed E-state index contributed by atoms with van der Waals surface area (Å²) >= 11 is 0. The average Bonchev–Trinajstić information content (AvgIpc) is 3.57. The lowest BCUT2D eigenvalue weighted by molar-refractivity contribution is 0.0695. The van der Waals surface area contributed by atoms with Crippen LogP contribution in [0.3, 0.4) is 0 Å². The molecule has 36 heavy (non-hydrogen) atoms. The van der Waals surface area contributed by atoms with Crippen molar-refractivity contribution < 1.29 is 23.5 Å². The number of carbonyl (C=O) groups excluding carboxylic acids is 2. The number of nitrogens with one attached hydrogen (secondary N) is 1. The van der Waals surface area contributed by atoms with Crippen LogP contribution in [-0.2, 0) is 0 Å². The van der Waals surface area contributed by atoms with Gasteiger partial charge in [0.1, 0.15) is 17.3 Å². The van der Waals surface area contributed by atoms with E-state index in [0.717, 1.165) is 12.0 Å². The molecule has 186 valence electrons. The number of ether oxygens (including phenoxy) is 2. The molecule has 7 heteroatoms. The van der Waals surface area contributed by atoms with Crippen LogP contribution in [0.15, 0.2) is 60.7 Å². The monoisotopic (exact) mass is 488 g/mol. The Morgan fingerprint density at radius 1 is 1.03 bits per heavy atom. The third-order valence-corrected chi connectivity index (χ3v) is 7.23. The Morgan fingerprint density at radius 3 is 2.61 bits per heavy atom. The second-order valence-corrected chi connectivity index (χ2v) is 9.52. The van der Waals surface area contributed by atoms with E-state index in [1.807, 2.05) is 36.1 Å². The molecule has 1 aliphatic carbocycles. The number of nitrogens with zero attached hydrogens (tertiary/aromatic N) is 1. The Morgan fingerprint density at radius 2 is 1.86 bits per heavy atom. The Bertz CT molecular complexity index is 1320. The number of halogens is 1. The van der Waals surface area contributed by atoms with Crippen molar-refractivity contribution in [2.45, 2.75) is 19.4 Å². The van der Waals surface area contributed by atoms with Crippen LogP contribution in [-0.4, -0.2) is 50.1 Å². The van der Waals surface area contributed by atoms with E-state index < -0.39 is 0 Å². The molecule has 3 atom stereocenters. The minimum absolute atomic E-state index is 0.0975. The highest BCUT2D eigenvalue weighted by molar-refractivity contribution is 6.01. The van der Waals surface area contributed by atoms with Crippen LogP contribution in [0.2, 0.25) is 0 Å². The van der Waals surface area contributed by atoms with E-state index in [0.29, 0.717) is 58.7 Å². The lowest BCUT2D eigenvalue weighted by atomic mass is 9.96. The van der Waals surface area contributed by atoms with E-state index in [1.54, 1.807) is 31.4 Å². The fraction of sp³-hybridized carbons (Fsp3) is 0.310. The van der Waals surface area contributed by atoms with Gasteiger partial charge in [0.25, 0.3) is 11.8 Å². The summed E-state index contributed by atoms with van der Waals surface area (Å²) in [5.41, 5.74) is 3.29. The van der Waals surface area contributed by atoms with E-state index >= 15 is 0 Å². The first kappa shape index (κ1) is 23.9. The Labute approximate surface area is 210 Å². The Balaban J connectivity index is 1.37. The first-order chi connectivity index (χ1) is 17.4. The van der Waals surface area contributed by atoms with Gasteiger partial charge in [-0.05, 0) is 72.7 Å². The summed E-state index contributed by atoms with van der Waals surface area (Å²) in [5, 5.41) is 3.01. The second kappa shape index (κ2) is 9.64. The topological polar surface area (TPSA) is 67.9 Å². The zero-order valence-corrected chi connectivity index (χ0v) is 20.6. The van der Waals surface area contributed by atoms with Gasteiger partial charge in [-0.15, -0.1) is 0 Å². The quantitative estimate of drug-likeness (QED) is 0.523. The number of amides is 2. The van der Waals surface area contributed by atoms with E-state index in [1.165, 1.54) is 19.2 Å². The molecule has 1 aliphatic heterocycles. The fourth-order valence-corrected chi connectivity index (χ4v) is 5.24. The van der Waals surface area contributed by atoms with Gasteiger partial charge in [-0.2, -0.15) is 0 Å². The SMILES string of the molecule is COc1ccc(OC)c(C(=O)NCC2C3CC3CN2C(=O)c2ccc(C)cc2-c2cccc(F)c2)c1. The largest absolute Gasteiger partial charge is 0.497 e. The zero-order chi connectivity index (χ0) is 25.4. The van der Waals surface area contributed by atoms with Crippen LogP contribution >= 0.6 is 0 Å². The molecule has 0 radical (unpaired) electrons. The highest BCUT2D eigenvalue weighted by Gasteiger charge is 2.54. The van der Waals surface area contributed by atoms with Gasteiger partial charge in [0.15, 0.2) is 0 Å². The number of carbonyl (C=O) groups is 2. The molecule has 0 spiro atoms. The lowest BCUT2D eigenvalue weighted by Gasteiger charge is -2.29. The first-order valence-electron chi connectivity index (χ1n) is 12.1. The van der Waals surface area contributed by atoms with Gasteiger partial charge in [0.05, 0.1) is 25.8 Å². The van der Waals surface area contributed by atoms with Crippen LogP contribution in [0.25, 0.3) is 11.1 Å². The number of fused-ring (bicyclic) bond motifs is 1. The van der Waals surface area contributed by atoms with Crippen molar-refractivity contribution >= 4 is 11.8 Å². The molecule has 1 saturated carbocycles. The van der Waals surface area contributed by atoms with Crippen molar-refractivity contribution in [3.8, 4) is 22.6 Å². The van der Waals surface area contributed by atoms with Crippen molar-refractivity contribution in [1.82, 2.24) is 10.2 Å². The van der Waals surface area contributed by atoms with Crippen molar-refractivity contribution in [3.05, 3.63) is 83.2 Å². The number of hydrogen-bond donors (Lipinski definition) is 1. The molecule has 2 aliphatic rings. The number of piperidine rings is 1. The van der Waals surface area contributed by atoms with Gasteiger partial charge in [0, 0.05) is 18.7 Å². The molecule has 3 unspecified atom stereocenters. The van der Waals surface area contributed by atoms with Crippen molar-refractivity contribution in [2.24, 2.45) is 11.8 Å². The number of rotatable bonds is 7. The van der Waals surface area contributed by atoms with E-state index in [-0.39, 0.29) is 23.7 Å². The highest BCUT2D eigenvalue weighted by atomic mass is 19.1. The van der Waals surface area contributed by atoms with E-state index in [2.05, 4.69) is 5.32 Å². The van der Waals surface area contributed by atoms with Crippen LogP contribution in [0.1, 0.15) is 32.7 Å². The van der Waals surface area contributed by atoms with Crippen molar-refractivity contribution in [2.75, 3.05) is 27.3 Å². The number of likely N-dealkylation sites (tertiary alicyclic amines) is 1. The summed E-state index contributed by atoms with van der Waals surface area (Å²) in [4.78, 5) is 28.7. The van der Waals surface area contributed by atoms with Gasteiger partial charge in [-0.1, -0.05) is 29.8 Å². The minimum Gasteiger partial charge on any atom is -0.497 e. The highest BCUT2D eigenvalue weighted by Crippen LogP contribution is 2.50. The molecule has 5 rings (SSSR count). The average molecular weight is 489 g/mol. The molecular formula is C29H29FN2O4. The van der Waals surface area contributed by atoms with Gasteiger partial charge >= 0.3 is 0 Å². The molecule has 1 saturated heterocycles. The van der Waals surface area contributed by atoms with Crippen LogP contribution < -0.4 is 14.8 Å². The molecule has 1 heterocycles. The van der Waals surface area contributed by atoms with Gasteiger partial charge in [0.2, 0.25) is 0 Å². The molecular weight excluding hydrogens is 459 g/mol. The lowest BCUT2D eigenvalue weighted by Crippen LogP contribution is -2.45. The number of hydrogen-bond acceptors (Lipinski definition) is 4. The predicted octanol–water partition coefficient (Wildman–Crippen LogP) is 4.71. The van der Waals surface area contributed by atoms with Crippen LogP contribution in [0, 0.1) is 24.6 Å². The Kier molecular flexibility index (Phi) is 6.39. The van der Waals surface area contributed by atoms with Gasteiger partial charge in [-0.3, -0.25) is 9.59 Å². The smallest absolute Gasteiger partial charge is 0.255 e. The molecule has 2 amide bonds. The van der Waals surface area contributed by atoms with Gasteiger partial charge in [-0.25, -0.2) is 4.39 Å². The third kappa shape index (κ3) is 4.53. The summed E-state index contributed by atoms with van der Waals surface area (Å²) in [6.07, 6.45) is 1.05. The van der Waals surface area contributed by atoms with Crippen molar-refractivity contribution in [3.63, 3.8) is 0 Å². The molecule has 2 fully saturated rings. The minimum atomic E-state index is -0.344. The predicted molar refractivity (Wildman–Crippen MR) is 135 cm³/mol. The fourth-order valence-electron chi connectivity index (χ4n) is 5.24.